The summed E-state index contributed by atoms with van der Waals surface area (Å²) in [5, 5.41) is 10.3. The molecule has 0 bridgehead atoms. The number of morpholine rings is 1. The minimum atomic E-state index is 0. The SMILES string of the molecule is CN=C(NCCc1sc(C)nc1C)NCC(c1cccs1)N1CCOC(C)C1.I. The molecular weight excluding hydrogens is 517 g/mol. The molecule has 0 spiro atoms. The minimum absolute atomic E-state index is 0. The molecule has 0 aliphatic carbocycles. The number of nitrogens with zero attached hydrogens (tertiary/aromatic N) is 3. The van der Waals surface area contributed by atoms with Crippen molar-refractivity contribution >= 4 is 52.6 Å². The van der Waals surface area contributed by atoms with Gasteiger partial charge in [0.1, 0.15) is 0 Å². The molecule has 9 heteroatoms. The molecule has 1 aliphatic rings. The Balaban J connectivity index is 0.00000300. The lowest BCUT2D eigenvalue weighted by Crippen LogP contribution is -2.48. The van der Waals surface area contributed by atoms with E-state index in [1.165, 1.54) is 9.75 Å². The molecule has 0 amide bonds. The number of nitrogens with one attached hydrogen (secondary N) is 2. The number of ether oxygens (including phenoxy) is 1. The molecule has 1 fully saturated rings. The number of halogens is 1. The fraction of sp³-hybridized carbons (Fsp3) is 0.600. The summed E-state index contributed by atoms with van der Waals surface area (Å²) in [6.45, 7) is 10.7. The van der Waals surface area contributed by atoms with E-state index >= 15 is 0 Å². The second kappa shape index (κ2) is 12.2. The summed E-state index contributed by atoms with van der Waals surface area (Å²) in [6, 6.07) is 4.68. The number of thiazole rings is 1. The Bertz CT molecular complexity index is 765. The Labute approximate surface area is 199 Å². The summed E-state index contributed by atoms with van der Waals surface area (Å²) in [4.78, 5) is 14.2. The zero-order valence-corrected chi connectivity index (χ0v) is 21.6. The molecule has 162 valence electrons. The van der Waals surface area contributed by atoms with E-state index in [2.05, 4.69) is 63.8 Å². The molecule has 6 nitrogen and oxygen atoms in total. The quantitative estimate of drug-likeness (QED) is 0.314. The van der Waals surface area contributed by atoms with Crippen molar-refractivity contribution < 1.29 is 4.74 Å². The highest BCUT2D eigenvalue weighted by Crippen LogP contribution is 2.26. The fourth-order valence-corrected chi connectivity index (χ4v) is 5.33. The van der Waals surface area contributed by atoms with Crippen molar-refractivity contribution in [1.82, 2.24) is 20.5 Å². The Kier molecular flexibility index (Phi) is 10.3. The number of thiophene rings is 1. The van der Waals surface area contributed by atoms with Crippen LogP contribution in [-0.2, 0) is 11.2 Å². The van der Waals surface area contributed by atoms with E-state index in [0.717, 1.165) is 55.9 Å². The molecule has 3 rings (SSSR count). The van der Waals surface area contributed by atoms with Gasteiger partial charge in [0.2, 0.25) is 0 Å². The first-order chi connectivity index (χ1) is 13.6. The molecule has 29 heavy (non-hydrogen) atoms. The average Bonchev–Trinajstić information content (AvgIpc) is 3.30. The topological polar surface area (TPSA) is 61.8 Å². The average molecular weight is 550 g/mol. The maximum absolute atomic E-state index is 5.73. The lowest BCUT2D eigenvalue weighted by Gasteiger charge is -2.37. The maximum atomic E-state index is 5.73. The summed E-state index contributed by atoms with van der Waals surface area (Å²) in [6.07, 6.45) is 1.24. The molecule has 2 aromatic rings. The summed E-state index contributed by atoms with van der Waals surface area (Å²) in [5.41, 5.74) is 1.14. The third-order valence-corrected chi connectivity index (χ3v) is 7.02. The van der Waals surface area contributed by atoms with Crippen molar-refractivity contribution in [2.24, 2.45) is 4.99 Å². The van der Waals surface area contributed by atoms with Gasteiger partial charge in [-0.2, -0.15) is 0 Å². The third kappa shape index (κ3) is 7.16. The lowest BCUT2D eigenvalue weighted by molar-refractivity contribution is -0.0334. The Morgan fingerprint density at radius 3 is 2.86 bits per heavy atom. The molecule has 3 heterocycles. The predicted octanol–water partition coefficient (Wildman–Crippen LogP) is 3.61. The van der Waals surface area contributed by atoms with Gasteiger partial charge in [0.05, 0.1) is 29.5 Å². The highest BCUT2D eigenvalue weighted by Gasteiger charge is 2.26. The van der Waals surface area contributed by atoms with Gasteiger partial charge in [0.15, 0.2) is 5.96 Å². The van der Waals surface area contributed by atoms with Crippen molar-refractivity contribution in [3.8, 4) is 0 Å². The maximum Gasteiger partial charge on any atom is 0.191 e. The first-order valence-corrected chi connectivity index (χ1v) is 11.5. The highest BCUT2D eigenvalue weighted by atomic mass is 127. The van der Waals surface area contributed by atoms with Gasteiger partial charge in [-0.25, -0.2) is 4.98 Å². The van der Waals surface area contributed by atoms with E-state index < -0.39 is 0 Å². The van der Waals surface area contributed by atoms with Crippen LogP contribution in [0, 0.1) is 13.8 Å². The van der Waals surface area contributed by atoms with Crippen LogP contribution in [0.15, 0.2) is 22.5 Å². The van der Waals surface area contributed by atoms with Crippen LogP contribution in [0.1, 0.15) is 33.4 Å². The van der Waals surface area contributed by atoms with Gasteiger partial charge < -0.3 is 15.4 Å². The van der Waals surface area contributed by atoms with Crippen LogP contribution in [0.25, 0.3) is 0 Å². The van der Waals surface area contributed by atoms with Crippen LogP contribution in [0.2, 0.25) is 0 Å². The number of aliphatic imine (C=N–C) groups is 1. The number of guanidine groups is 1. The predicted molar refractivity (Wildman–Crippen MR) is 134 cm³/mol. The van der Waals surface area contributed by atoms with E-state index in [9.17, 15) is 0 Å². The van der Waals surface area contributed by atoms with E-state index in [1.54, 1.807) is 11.3 Å². The van der Waals surface area contributed by atoms with Gasteiger partial charge in [0.25, 0.3) is 0 Å². The van der Waals surface area contributed by atoms with Crippen molar-refractivity contribution in [2.45, 2.75) is 39.3 Å². The minimum Gasteiger partial charge on any atom is -0.376 e. The summed E-state index contributed by atoms with van der Waals surface area (Å²) in [7, 11) is 1.83. The van der Waals surface area contributed by atoms with E-state index in [4.69, 9.17) is 4.74 Å². The van der Waals surface area contributed by atoms with Gasteiger partial charge in [-0.15, -0.1) is 46.7 Å². The van der Waals surface area contributed by atoms with Gasteiger partial charge in [-0.05, 0) is 32.2 Å². The van der Waals surface area contributed by atoms with E-state index in [-0.39, 0.29) is 30.1 Å². The second-order valence-corrected chi connectivity index (χ2v) is 9.35. The lowest BCUT2D eigenvalue weighted by atomic mass is 10.1. The molecule has 0 saturated carbocycles. The zero-order valence-electron chi connectivity index (χ0n) is 17.6. The Morgan fingerprint density at radius 1 is 1.41 bits per heavy atom. The van der Waals surface area contributed by atoms with Crippen molar-refractivity contribution in [1.29, 1.82) is 0 Å². The summed E-state index contributed by atoms with van der Waals surface area (Å²) >= 11 is 3.60. The molecule has 1 saturated heterocycles. The molecule has 0 radical (unpaired) electrons. The standard InChI is InChI=1S/C20H31N5OS2.HI/c1-14-13-25(9-10-26-14)17(19-6-5-11-27-19)12-23-20(21-4)22-8-7-18-15(2)24-16(3)28-18;/h5-6,11,14,17H,7-10,12-13H2,1-4H3,(H2,21,22,23);1H. The first-order valence-electron chi connectivity index (χ1n) is 9.83. The van der Waals surface area contributed by atoms with Gasteiger partial charge >= 0.3 is 0 Å². The number of rotatable bonds is 7. The molecule has 2 atom stereocenters. The van der Waals surface area contributed by atoms with Crippen LogP contribution in [0.4, 0.5) is 0 Å². The normalized spacial score (nSPS) is 18.9. The number of hydrogen-bond donors (Lipinski definition) is 2. The zero-order chi connectivity index (χ0) is 19.9. The number of aromatic nitrogens is 1. The largest absolute Gasteiger partial charge is 0.376 e. The molecule has 0 aromatic carbocycles. The number of hydrogen-bond acceptors (Lipinski definition) is 6. The first kappa shape index (κ1) is 24.5. The Hall–Kier alpha value is -0.750. The van der Waals surface area contributed by atoms with Crippen LogP contribution in [0.5, 0.6) is 0 Å². The molecule has 2 aromatic heterocycles. The molecular formula is C20H32IN5OS2. The Morgan fingerprint density at radius 2 is 2.24 bits per heavy atom. The van der Waals surface area contributed by atoms with Gasteiger partial charge in [-0.3, -0.25) is 9.89 Å². The van der Waals surface area contributed by atoms with Gasteiger partial charge in [-0.1, -0.05) is 6.07 Å². The van der Waals surface area contributed by atoms with Crippen LogP contribution < -0.4 is 10.6 Å². The molecule has 2 unspecified atom stereocenters. The highest BCUT2D eigenvalue weighted by molar-refractivity contribution is 14.0. The third-order valence-electron chi connectivity index (χ3n) is 4.92. The fourth-order valence-electron chi connectivity index (χ4n) is 3.53. The van der Waals surface area contributed by atoms with Crippen molar-refractivity contribution in [2.75, 3.05) is 39.8 Å². The number of aryl methyl sites for hydroxylation is 2. The van der Waals surface area contributed by atoms with Crippen LogP contribution >= 0.6 is 46.7 Å². The summed E-state index contributed by atoms with van der Waals surface area (Å²) in [5.74, 6) is 0.849. The smallest absolute Gasteiger partial charge is 0.191 e. The van der Waals surface area contributed by atoms with Crippen LogP contribution in [0.3, 0.4) is 0 Å². The second-order valence-electron chi connectivity index (χ2n) is 7.08. The van der Waals surface area contributed by atoms with Crippen LogP contribution in [-0.4, -0.2) is 61.8 Å². The molecule has 1 aliphatic heterocycles. The summed E-state index contributed by atoms with van der Waals surface area (Å²) < 4.78 is 5.73. The van der Waals surface area contributed by atoms with E-state index in [0.29, 0.717) is 6.04 Å². The van der Waals surface area contributed by atoms with Crippen molar-refractivity contribution in [3.63, 3.8) is 0 Å². The van der Waals surface area contributed by atoms with Gasteiger partial charge in [0, 0.05) is 49.4 Å². The molecule has 2 N–H and O–H groups in total. The van der Waals surface area contributed by atoms with E-state index in [1.807, 2.05) is 18.4 Å². The monoisotopic (exact) mass is 549 g/mol. The van der Waals surface area contributed by atoms with Crippen molar-refractivity contribution in [3.05, 3.63) is 38.0 Å².